The number of halogens is 1. The predicted octanol–water partition coefficient (Wildman–Crippen LogP) is 3.75. The summed E-state index contributed by atoms with van der Waals surface area (Å²) in [5.74, 6) is -0.718. The van der Waals surface area contributed by atoms with Crippen molar-refractivity contribution in [2.75, 3.05) is 5.32 Å². The fraction of sp³-hybridized carbons (Fsp3) is 0.190. The number of rotatable bonds is 5. The highest BCUT2D eigenvalue weighted by Gasteiger charge is 2.32. The largest absolute Gasteiger partial charge is 0.327 e. The zero-order valence-corrected chi connectivity index (χ0v) is 15.8. The molecule has 0 spiro atoms. The second kappa shape index (κ2) is 7.75. The molecule has 1 aromatic heterocycles. The van der Waals surface area contributed by atoms with Gasteiger partial charge >= 0.3 is 6.03 Å². The van der Waals surface area contributed by atoms with Gasteiger partial charge in [-0.05, 0) is 42.3 Å². The van der Waals surface area contributed by atoms with Crippen LogP contribution in [0.15, 0.2) is 59.9 Å². The average Bonchev–Trinajstić information content (AvgIpc) is 3.16. The predicted molar refractivity (Wildman–Crippen MR) is 107 cm³/mol. The molecule has 148 valence electrons. The summed E-state index contributed by atoms with van der Waals surface area (Å²) in [5, 5.41) is 16.1. The van der Waals surface area contributed by atoms with Crippen molar-refractivity contribution in [3.8, 4) is 0 Å². The maximum absolute atomic E-state index is 13.4. The molecular formula is C21H20FN5O2. The van der Waals surface area contributed by atoms with E-state index in [0.29, 0.717) is 28.9 Å². The van der Waals surface area contributed by atoms with Crippen LogP contribution in [-0.4, -0.2) is 22.1 Å². The average molecular weight is 393 g/mol. The molecule has 3 aromatic rings. The number of fused-ring (bicyclic) bond motifs is 1. The number of nitrogens with zero attached hydrogens (tertiary/aromatic N) is 1. The van der Waals surface area contributed by atoms with Crippen molar-refractivity contribution in [2.24, 2.45) is 0 Å². The van der Waals surface area contributed by atoms with Crippen LogP contribution in [0.5, 0.6) is 0 Å². The zero-order valence-electron chi connectivity index (χ0n) is 15.8. The number of H-pyrrole nitrogens is 1. The molecule has 4 rings (SSSR count). The van der Waals surface area contributed by atoms with Crippen molar-refractivity contribution in [3.63, 3.8) is 0 Å². The molecule has 8 heteroatoms. The highest BCUT2D eigenvalue weighted by Crippen LogP contribution is 2.30. The molecule has 7 nitrogen and oxygen atoms in total. The molecule has 0 bridgehead atoms. The monoisotopic (exact) mass is 393 g/mol. The standard InChI is InChI=1S/C21H20FN5O2/c1-2-3-17-18(19(26-21(29)25-17)12-4-6-14(22)7-5-12)20(28)24-15-8-9-16-13(10-15)11-23-27-16/h4-11,19H,2-3H2,1H3,(H,23,27)(H,24,28)(H2,25,26,29). The topological polar surface area (TPSA) is 98.9 Å². The van der Waals surface area contributed by atoms with E-state index in [1.54, 1.807) is 24.4 Å². The number of carbonyl (C=O) groups excluding carboxylic acids is 2. The van der Waals surface area contributed by atoms with Crippen LogP contribution < -0.4 is 16.0 Å². The normalized spacial score (nSPS) is 16.5. The number of aromatic nitrogens is 2. The van der Waals surface area contributed by atoms with Crippen LogP contribution >= 0.6 is 0 Å². The van der Waals surface area contributed by atoms with E-state index >= 15 is 0 Å². The summed E-state index contributed by atoms with van der Waals surface area (Å²) < 4.78 is 13.4. The summed E-state index contributed by atoms with van der Waals surface area (Å²) in [7, 11) is 0. The number of urea groups is 1. The third-order valence-electron chi connectivity index (χ3n) is 4.80. The highest BCUT2D eigenvalue weighted by molar-refractivity contribution is 6.07. The van der Waals surface area contributed by atoms with Crippen LogP contribution in [0, 0.1) is 5.82 Å². The minimum absolute atomic E-state index is 0.335. The first-order chi connectivity index (χ1) is 14.0. The Balaban J connectivity index is 1.71. The summed E-state index contributed by atoms with van der Waals surface area (Å²) in [4.78, 5) is 25.4. The first-order valence-electron chi connectivity index (χ1n) is 9.35. The summed E-state index contributed by atoms with van der Waals surface area (Å²) in [6, 6.07) is 10.1. The van der Waals surface area contributed by atoms with Gasteiger partial charge in [0.15, 0.2) is 0 Å². The van der Waals surface area contributed by atoms with E-state index in [9.17, 15) is 14.0 Å². The van der Waals surface area contributed by atoms with Gasteiger partial charge in [0, 0.05) is 16.8 Å². The summed E-state index contributed by atoms with van der Waals surface area (Å²) in [6.07, 6.45) is 2.97. The quantitative estimate of drug-likeness (QED) is 0.531. The van der Waals surface area contributed by atoms with Crippen LogP contribution in [0.25, 0.3) is 10.9 Å². The van der Waals surface area contributed by atoms with Crippen molar-refractivity contribution in [2.45, 2.75) is 25.8 Å². The second-order valence-corrected chi connectivity index (χ2v) is 6.85. The van der Waals surface area contributed by atoms with Gasteiger partial charge in [0.1, 0.15) is 5.82 Å². The smallest absolute Gasteiger partial charge is 0.319 e. The van der Waals surface area contributed by atoms with Gasteiger partial charge in [-0.2, -0.15) is 5.10 Å². The van der Waals surface area contributed by atoms with Crippen LogP contribution in [0.3, 0.4) is 0 Å². The van der Waals surface area contributed by atoms with Gasteiger partial charge in [-0.15, -0.1) is 0 Å². The molecule has 0 radical (unpaired) electrons. The SMILES string of the molecule is CCCC1=C(C(=O)Nc2ccc3[nH]ncc3c2)C(c2ccc(F)cc2)NC(=O)N1. The lowest BCUT2D eigenvalue weighted by molar-refractivity contribution is -0.113. The van der Waals surface area contributed by atoms with Crippen LogP contribution in [-0.2, 0) is 4.79 Å². The van der Waals surface area contributed by atoms with Gasteiger partial charge in [0.2, 0.25) is 0 Å². The molecule has 3 amide bonds. The number of benzene rings is 2. The Morgan fingerprint density at radius 2 is 2.00 bits per heavy atom. The number of anilines is 1. The molecule has 4 N–H and O–H groups in total. The third-order valence-corrected chi connectivity index (χ3v) is 4.80. The minimum Gasteiger partial charge on any atom is -0.327 e. The van der Waals surface area contributed by atoms with Crippen molar-refractivity contribution >= 4 is 28.5 Å². The fourth-order valence-corrected chi connectivity index (χ4v) is 3.46. The van der Waals surface area contributed by atoms with E-state index in [-0.39, 0.29) is 17.8 Å². The van der Waals surface area contributed by atoms with Crippen LogP contribution in [0.1, 0.15) is 31.4 Å². The summed E-state index contributed by atoms with van der Waals surface area (Å²) >= 11 is 0. The van der Waals surface area contributed by atoms with E-state index in [4.69, 9.17) is 0 Å². The first kappa shape index (κ1) is 18.7. The minimum atomic E-state index is -0.677. The van der Waals surface area contributed by atoms with E-state index < -0.39 is 6.04 Å². The molecule has 0 fully saturated rings. The molecule has 0 saturated heterocycles. The molecule has 29 heavy (non-hydrogen) atoms. The Kier molecular flexibility index (Phi) is 4.99. The number of hydrogen-bond donors (Lipinski definition) is 4. The van der Waals surface area contributed by atoms with Crippen molar-refractivity contribution in [1.82, 2.24) is 20.8 Å². The van der Waals surface area contributed by atoms with Crippen molar-refractivity contribution in [1.29, 1.82) is 0 Å². The van der Waals surface area contributed by atoms with Gasteiger partial charge in [-0.1, -0.05) is 25.5 Å². The van der Waals surface area contributed by atoms with E-state index in [2.05, 4.69) is 26.1 Å². The molecule has 0 aliphatic carbocycles. The van der Waals surface area contributed by atoms with Gasteiger partial charge < -0.3 is 16.0 Å². The van der Waals surface area contributed by atoms with Gasteiger partial charge in [0.25, 0.3) is 5.91 Å². The van der Waals surface area contributed by atoms with Crippen LogP contribution in [0.4, 0.5) is 14.9 Å². The second-order valence-electron chi connectivity index (χ2n) is 6.85. The third kappa shape index (κ3) is 3.82. The maximum Gasteiger partial charge on any atom is 0.319 e. The van der Waals surface area contributed by atoms with E-state index in [1.807, 2.05) is 19.1 Å². The van der Waals surface area contributed by atoms with Crippen molar-refractivity contribution in [3.05, 3.63) is 71.3 Å². The first-order valence-corrected chi connectivity index (χ1v) is 9.35. The lowest BCUT2D eigenvalue weighted by atomic mass is 9.93. The number of hydrogen-bond acceptors (Lipinski definition) is 3. The highest BCUT2D eigenvalue weighted by atomic mass is 19.1. The Morgan fingerprint density at radius 3 is 2.76 bits per heavy atom. The summed E-state index contributed by atoms with van der Waals surface area (Å²) in [6.45, 7) is 1.97. The molecule has 2 heterocycles. The maximum atomic E-state index is 13.4. The number of carbonyl (C=O) groups is 2. The summed E-state index contributed by atoms with van der Waals surface area (Å²) in [5.41, 5.74) is 3.08. The molecular weight excluding hydrogens is 373 g/mol. The van der Waals surface area contributed by atoms with Crippen molar-refractivity contribution < 1.29 is 14.0 Å². The van der Waals surface area contributed by atoms with E-state index in [0.717, 1.165) is 17.3 Å². The lowest BCUT2D eigenvalue weighted by Gasteiger charge is -2.30. The fourth-order valence-electron chi connectivity index (χ4n) is 3.46. The zero-order chi connectivity index (χ0) is 20.4. The number of nitrogens with one attached hydrogen (secondary N) is 4. The molecule has 1 aliphatic rings. The number of allylic oxidation sites excluding steroid dienone is 1. The molecule has 1 unspecified atom stereocenters. The lowest BCUT2D eigenvalue weighted by Crippen LogP contribution is -2.46. The number of amides is 3. The van der Waals surface area contributed by atoms with Gasteiger partial charge in [0.05, 0.1) is 23.3 Å². The van der Waals surface area contributed by atoms with Crippen LogP contribution in [0.2, 0.25) is 0 Å². The Morgan fingerprint density at radius 1 is 1.21 bits per heavy atom. The van der Waals surface area contributed by atoms with E-state index in [1.165, 1.54) is 12.1 Å². The number of aromatic amines is 1. The molecule has 0 saturated carbocycles. The Bertz CT molecular complexity index is 1100. The van der Waals surface area contributed by atoms with Gasteiger partial charge in [-0.25, -0.2) is 9.18 Å². The molecule has 1 aliphatic heterocycles. The van der Waals surface area contributed by atoms with Gasteiger partial charge in [-0.3, -0.25) is 9.89 Å². The molecule has 2 aromatic carbocycles. The molecule has 1 atom stereocenters. The Labute approximate surface area is 166 Å². The Hall–Kier alpha value is -3.68.